The SMILES string of the molecule is CCc1ccc([C@H]2C[C@@H](C(F)(F)F)n3ncc(CC(=O)NCC4CCCCC4)c3N2)cc1. The van der Waals surface area contributed by atoms with Crippen molar-refractivity contribution in [3.63, 3.8) is 0 Å². The topological polar surface area (TPSA) is 59.0 Å². The van der Waals surface area contributed by atoms with E-state index in [-0.39, 0.29) is 24.6 Å². The van der Waals surface area contributed by atoms with Crippen molar-refractivity contribution in [2.45, 2.75) is 76.6 Å². The molecule has 1 aliphatic carbocycles. The summed E-state index contributed by atoms with van der Waals surface area (Å²) in [4.78, 5) is 12.5. The lowest BCUT2D eigenvalue weighted by Crippen LogP contribution is -2.36. The molecule has 0 bridgehead atoms. The molecule has 1 saturated carbocycles. The van der Waals surface area contributed by atoms with Gasteiger partial charge >= 0.3 is 6.18 Å². The van der Waals surface area contributed by atoms with Crippen LogP contribution in [0.5, 0.6) is 0 Å². The van der Waals surface area contributed by atoms with Crippen LogP contribution >= 0.6 is 0 Å². The summed E-state index contributed by atoms with van der Waals surface area (Å²) in [6.07, 6.45) is 3.60. The molecule has 2 atom stereocenters. The first-order valence-corrected chi connectivity index (χ1v) is 11.6. The number of nitrogens with one attached hydrogen (secondary N) is 2. The molecule has 1 amide bonds. The van der Waals surface area contributed by atoms with E-state index in [9.17, 15) is 18.0 Å². The number of hydrogen-bond donors (Lipinski definition) is 2. The quantitative estimate of drug-likeness (QED) is 0.627. The number of amides is 1. The van der Waals surface area contributed by atoms with Gasteiger partial charge in [-0.25, -0.2) is 4.68 Å². The number of hydrogen-bond acceptors (Lipinski definition) is 3. The van der Waals surface area contributed by atoms with Crippen molar-refractivity contribution in [2.24, 2.45) is 5.92 Å². The molecule has 1 aromatic heterocycles. The Kier molecular flexibility index (Phi) is 6.76. The predicted octanol–water partition coefficient (Wildman–Crippen LogP) is 5.34. The van der Waals surface area contributed by atoms with E-state index >= 15 is 0 Å². The molecular weight excluding hydrogens is 417 g/mol. The molecule has 0 saturated heterocycles. The highest BCUT2D eigenvalue weighted by atomic mass is 19.4. The zero-order valence-electron chi connectivity index (χ0n) is 18.4. The van der Waals surface area contributed by atoms with Crippen molar-refractivity contribution in [3.05, 3.63) is 47.2 Å². The summed E-state index contributed by atoms with van der Waals surface area (Å²) in [5.74, 6) is 0.610. The molecule has 32 heavy (non-hydrogen) atoms. The molecule has 0 unspecified atom stereocenters. The summed E-state index contributed by atoms with van der Waals surface area (Å²) in [6.45, 7) is 2.67. The highest BCUT2D eigenvalue weighted by Gasteiger charge is 2.47. The van der Waals surface area contributed by atoms with E-state index in [0.29, 0.717) is 18.0 Å². The van der Waals surface area contributed by atoms with Crippen LogP contribution in [-0.2, 0) is 17.6 Å². The number of aryl methyl sites for hydroxylation is 1. The highest BCUT2D eigenvalue weighted by Crippen LogP contribution is 2.44. The van der Waals surface area contributed by atoms with Gasteiger partial charge in [0.2, 0.25) is 5.91 Å². The van der Waals surface area contributed by atoms with Crippen molar-refractivity contribution >= 4 is 11.7 Å². The van der Waals surface area contributed by atoms with Gasteiger partial charge in [-0.2, -0.15) is 18.3 Å². The van der Waals surface area contributed by atoms with Crippen LogP contribution in [0.25, 0.3) is 0 Å². The van der Waals surface area contributed by atoms with Gasteiger partial charge in [0.25, 0.3) is 0 Å². The maximum Gasteiger partial charge on any atom is 0.410 e. The fraction of sp³-hybridized carbons (Fsp3) is 0.583. The van der Waals surface area contributed by atoms with Crippen LogP contribution in [0.2, 0.25) is 0 Å². The lowest BCUT2D eigenvalue weighted by atomic mass is 9.89. The summed E-state index contributed by atoms with van der Waals surface area (Å²) in [5.41, 5.74) is 2.43. The maximum atomic E-state index is 13.9. The van der Waals surface area contributed by atoms with Crippen molar-refractivity contribution < 1.29 is 18.0 Å². The van der Waals surface area contributed by atoms with Gasteiger partial charge in [0.1, 0.15) is 5.82 Å². The molecule has 2 heterocycles. The molecule has 8 heteroatoms. The number of nitrogens with zero attached hydrogens (tertiary/aromatic N) is 2. The zero-order chi connectivity index (χ0) is 22.7. The van der Waals surface area contributed by atoms with Crippen LogP contribution in [0.15, 0.2) is 30.5 Å². The fourth-order valence-electron chi connectivity index (χ4n) is 4.83. The molecule has 1 aliphatic heterocycles. The minimum absolute atomic E-state index is 0.0150. The third-order valence-corrected chi connectivity index (χ3v) is 6.77. The lowest BCUT2D eigenvalue weighted by molar-refractivity contribution is -0.173. The molecule has 1 fully saturated rings. The maximum absolute atomic E-state index is 13.9. The van der Waals surface area contributed by atoms with E-state index in [1.807, 2.05) is 31.2 Å². The minimum Gasteiger partial charge on any atom is -0.363 e. The number of benzene rings is 1. The molecular formula is C24H31F3N4O. The average molecular weight is 449 g/mol. The normalized spacial score (nSPS) is 21.6. The van der Waals surface area contributed by atoms with Gasteiger partial charge in [0, 0.05) is 18.5 Å². The summed E-state index contributed by atoms with van der Waals surface area (Å²) < 4.78 is 42.6. The Bertz CT molecular complexity index is 916. The average Bonchev–Trinajstić information content (AvgIpc) is 3.19. The number of carbonyl (C=O) groups is 1. The van der Waals surface area contributed by atoms with E-state index in [4.69, 9.17) is 0 Å². The summed E-state index contributed by atoms with van der Waals surface area (Å²) in [6, 6.07) is 5.43. The van der Waals surface area contributed by atoms with Gasteiger partial charge in [-0.3, -0.25) is 4.79 Å². The van der Waals surface area contributed by atoms with Crippen LogP contribution < -0.4 is 10.6 Å². The predicted molar refractivity (Wildman–Crippen MR) is 117 cm³/mol. The van der Waals surface area contributed by atoms with Crippen LogP contribution in [0.4, 0.5) is 19.0 Å². The van der Waals surface area contributed by atoms with Crippen LogP contribution in [0.1, 0.15) is 74.2 Å². The first-order chi connectivity index (χ1) is 15.3. The highest BCUT2D eigenvalue weighted by molar-refractivity contribution is 5.80. The molecule has 5 nitrogen and oxygen atoms in total. The number of alkyl halides is 3. The Morgan fingerprint density at radius 1 is 1.19 bits per heavy atom. The first-order valence-electron chi connectivity index (χ1n) is 11.6. The van der Waals surface area contributed by atoms with Gasteiger partial charge in [-0.05, 0) is 36.3 Å². The Hall–Kier alpha value is -2.51. The summed E-state index contributed by atoms with van der Waals surface area (Å²) >= 11 is 0. The van der Waals surface area contributed by atoms with E-state index in [2.05, 4.69) is 15.7 Å². The summed E-state index contributed by atoms with van der Waals surface area (Å²) in [7, 11) is 0. The molecule has 0 spiro atoms. The van der Waals surface area contributed by atoms with Gasteiger partial charge in [0.15, 0.2) is 6.04 Å². The number of halogens is 3. The standard InChI is InChI=1S/C24H31F3N4O/c1-2-16-8-10-18(11-9-16)20-13-21(24(25,26)27)31-23(30-20)19(15-29-31)12-22(32)28-14-17-6-4-3-5-7-17/h8-11,15,17,20-21,30H,2-7,12-14H2,1H3,(H,28,32)/t20-,21+/m1/s1. The fourth-order valence-corrected chi connectivity index (χ4v) is 4.83. The molecule has 1 aromatic carbocycles. The van der Waals surface area contributed by atoms with Crippen molar-refractivity contribution in [2.75, 3.05) is 11.9 Å². The van der Waals surface area contributed by atoms with E-state index in [1.54, 1.807) is 0 Å². The minimum atomic E-state index is -4.43. The van der Waals surface area contributed by atoms with E-state index in [1.165, 1.54) is 25.5 Å². The van der Waals surface area contributed by atoms with Gasteiger partial charge < -0.3 is 10.6 Å². The van der Waals surface area contributed by atoms with Crippen LogP contribution in [0.3, 0.4) is 0 Å². The molecule has 0 radical (unpaired) electrons. The monoisotopic (exact) mass is 448 g/mol. The first kappa shape index (κ1) is 22.7. The third-order valence-electron chi connectivity index (χ3n) is 6.77. The van der Waals surface area contributed by atoms with Gasteiger partial charge in [0.05, 0.1) is 18.7 Å². The van der Waals surface area contributed by atoms with Crippen LogP contribution in [0, 0.1) is 5.92 Å². The zero-order valence-corrected chi connectivity index (χ0v) is 18.4. The van der Waals surface area contributed by atoms with Gasteiger partial charge in [-0.1, -0.05) is 50.5 Å². The Morgan fingerprint density at radius 2 is 1.91 bits per heavy atom. The number of carbonyl (C=O) groups excluding carboxylic acids is 1. The lowest BCUT2D eigenvalue weighted by Gasteiger charge is -2.34. The van der Waals surface area contributed by atoms with Crippen molar-refractivity contribution in [1.29, 1.82) is 0 Å². The second-order valence-corrected chi connectivity index (χ2v) is 9.03. The molecule has 2 aliphatic rings. The van der Waals surface area contributed by atoms with E-state index in [0.717, 1.165) is 35.1 Å². The number of rotatable bonds is 6. The smallest absolute Gasteiger partial charge is 0.363 e. The Balaban J connectivity index is 1.50. The van der Waals surface area contributed by atoms with E-state index < -0.39 is 18.3 Å². The largest absolute Gasteiger partial charge is 0.410 e. The van der Waals surface area contributed by atoms with Crippen molar-refractivity contribution in [1.82, 2.24) is 15.1 Å². The Labute approximate surface area is 186 Å². The Morgan fingerprint density at radius 3 is 2.56 bits per heavy atom. The van der Waals surface area contributed by atoms with Gasteiger partial charge in [-0.15, -0.1) is 0 Å². The van der Waals surface area contributed by atoms with Crippen LogP contribution in [-0.4, -0.2) is 28.4 Å². The molecule has 2 N–H and O–H groups in total. The number of anilines is 1. The third kappa shape index (κ3) is 5.10. The summed E-state index contributed by atoms with van der Waals surface area (Å²) in [5, 5.41) is 10.2. The molecule has 174 valence electrons. The molecule has 2 aromatic rings. The second-order valence-electron chi connectivity index (χ2n) is 9.03. The second kappa shape index (κ2) is 9.55. The number of fused-ring (bicyclic) bond motifs is 1. The number of aromatic nitrogens is 2. The molecule has 4 rings (SSSR count). The van der Waals surface area contributed by atoms with Crippen molar-refractivity contribution in [3.8, 4) is 0 Å².